The van der Waals surface area contributed by atoms with Gasteiger partial charge in [0, 0.05) is 48.5 Å². The summed E-state index contributed by atoms with van der Waals surface area (Å²) >= 11 is 0. The second-order valence-electron chi connectivity index (χ2n) is 9.42. The van der Waals surface area contributed by atoms with E-state index >= 15 is 0 Å². The molecule has 0 aliphatic carbocycles. The fourth-order valence-corrected chi connectivity index (χ4v) is 5.41. The first-order valence-electron chi connectivity index (χ1n) is 12.1. The number of fused-ring (bicyclic) bond motifs is 2. The van der Waals surface area contributed by atoms with Crippen LogP contribution in [-0.4, -0.2) is 48.4 Å². The first-order valence-corrected chi connectivity index (χ1v) is 12.1. The molecule has 0 amide bonds. The quantitative estimate of drug-likeness (QED) is 0.458. The molecule has 2 saturated heterocycles. The molecule has 3 N–H and O–H groups in total. The van der Waals surface area contributed by atoms with Gasteiger partial charge in [-0.15, -0.1) is 0 Å². The van der Waals surface area contributed by atoms with E-state index in [2.05, 4.69) is 21.3 Å². The number of anilines is 2. The summed E-state index contributed by atoms with van der Waals surface area (Å²) < 4.78 is 20.5. The molecule has 2 aliphatic rings. The Hall–Kier alpha value is -3.55. The van der Waals surface area contributed by atoms with Crippen LogP contribution in [0.15, 0.2) is 60.9 Å². The molecule has 0 radical (unpaired) electrons. The summed E-state index contributed by atoms with van der Waals surface area (Å²) in [7, 11) is 0. The topological polar surface area (TPSA) is 76.3 Å². The minimum absolute atomic E-state index is 0.219. The van der Waals surface area contributed by atoms with Crippen LogP contribution in [0.5, 0.6) is 0 Å². The highest BCUT2D eigenvalue weighted by atomic mass is 19.1. The smallest absolute Gasteiger partial charge is 0.124 e. The van der Waals surface area contributed by atoms with Gasteiger partial charge in [0.1, 0.15) is 5.82 Å². The van der Waals surface area contributed by atoms with Gasteiger partial charge in [-0.25, -0.2) is 4.39 Å². The lowest BCUT2D eigenvalue weighted by Gasteiger charge is -2.43. The highest BCUT2D eigenvalue weighted by Crippen LogP contribution is 2.40. The maximum Gasteiger partial charge on any atom is 0.124 e. The molecule has 4 aromatic rings. The minimum atomic E-state index is -0.248. The third-order valence-corrected chi connectivity index (χ3v) is 7.01. The Bertz CT molecular complexity index is 1390. The maximum atomic E-state index is 14.5. The summed E-state index contributed by atoms with van der Waals surface area (Å²) in [5.74, 6) is -0.248. The third kappa shape index (κ3) is 4.11. The van der Waals surface area contributed by atoms with Gasteiger partial charge in [-0.3, -0.25) is 9.97 Å². The highest BCUT2D eigenvalue weighted by molar-refractivity contribution is 6.02. The Morgan fingerprint density at radius 3 is 2.89 bits per heavy atom. The van der Waals surface area contributed by atoms with Crippen LogP contribution in [-0.2, 0) is 4.74 Å². The molecule has 2 fully saturated rings. The van der Waals surface area contributed by atoms with Crippen LogP contribution in [0.25, 0.3) is 33.3 Å². The van der Waals surface area contributed by atoms with Crippen LogP contribution < -0.4 is 16.0 Å². The lowest BCUT2D eigenvalue weighted by molar-refractivity contribution is -0.0134. The van der Waals surface area contributed by atoms with Gasteiger partial charge in [-0.2, -0.15) is 0 Å². The van der Waals surface area contributed by atoms with Crippen molar-refractivity contribution in [3.05, 3.63) is 72.3 Å². The highest BCUT2D eigenvalue weighted by Gasteiger charge is 2.33. The molecule has 6 nitrogen and oxygen atoms in total. The predicted octanol–water partition coefficient (Wildman–Crippen LogP) is 4.56. The lowest BCUT2D eigenvalue weighted by Crippen LogP contribution is -2.58. The van der Waals surface area contributed by atoms with Crippen LogP contribution in [0, 0.1) is 12.7 Å². The zero-order valence-corrected chi connectivity index (χ0v) is 19.7. The standard InChI is InChI=1S/C28H28FN5O/c1-17-11-19(13-20(29)12-17)22-15-33-24-5-4-18(27-23(30)3-2-7-32-27)14-21(24)28(22)34-9-6-26-25(16-34)31-8-10-35-26/h2-5,7,11-15,25-26,31H,6,8-10,16,30H2,1H3/t25-,26-/m1/s1. The number of pyridine rings is 2. The molecule has 7 heteroatoms. The Morgan fingerprint density at radius 2 is 2.03 bits per heavy atom. The lowest BCUT2D eigenvalue weighted by atomic mass is 9.94. The molecule has 6 rings (SSSR count). The van der Waals surface area contributed by atoms with Crippen LogP contribution in [0.4, 0.5) is 15.8 Å². The molecule has 35 heavy (non-hydrogen) atoms. The molecule has 2 aromatic heterocycles. The number of hydrogen-bond donors (Lipinski definition) is 2. The summed E-state index contributed by atoms with van der Waals surface area (Å²) in [6, 6.07) is 15.2. The van der Waals surface area contributed by atoms with Crippen molar-refractivity contribution in [2.24, 2.45) is 0 Å². The van der Waals surface area contributed by atoms with Gasteiger partial charge < -0.3 is 20.7 Å². The van der Waals surface area contributed by atoms with Crippen LogP contribution in [0.2, 0.25) is 0 Å². The number of aryl methyl sites for hydroxylation is 1. The molecule has 2 atom stereocenters. The van der Waals surface area contributed by atoms with Crippen molar-refractivity contribution < 1.29 is 9.13 Å². The summed E-state index contributed by atoms with van der Waals surface area (Å²) in [6.45, 7) is 5.17. The molecule has 0 saturated carbocycles. The molecule has 4 heterocycles. The summed E-state index contributed by atoms with van der Waals surface area (Å²) in [6.07, 6.45) is 4.77. The van der Waals surface area contributed by atoms with Gasteiger partial charge in [-0.05, 0) is 60.9 Å². The average Bonchev–Trinajstić information content (AvgIpc) is 2.87. The van der Waals surface area contributed by atoms with E-state index in [-0.39, 0.29) is 18.0 Å². The van der Waals surface area contributed by atoms with Crippen molar-refractivity contribution >= 4 is 22.3 Å². The van der Waals surface area contributed by atoms with Crippen molar-refractivity contribution in [1.82, 2.24) is 15.3 Å². The zero-order valence-electron chi connectivity index (χ0n) is 19.7. The van der Waals surface area contributed by atoms with Crippen LogP contribution in [0.1, 0.15) is 12.0 Å². The van der Waals surface area contributed by atoms with Crippen molar-refractivity contribution in [3.63, 3.8) is 0 Å². The number of piperidine rings is 1. The van der Waals surface area contributed by atoms with E-state index in [1.807, 2.05) is 43.5 Å². The molecule has 2 aromatic carbocycles. The second-order valence-corrected chi connectivity index (χ2v) is 9.42. The van der Waals surface area contributed by atoms with Gasteiger partial charge in [0.25, 0.3) is 0 Å². The fourth-order valence-electron chi connectivity index (χ4n) is 5.41. The summed E-state index contributed by atoms with van der Waals surface area (Å²) in [5.41, 5.74) is 13.1. The van der Waals surface area contributed by atoms with E-state index in [0.29, 0.717) is 5.69 Å². The second kappa shape index (κ2) is 8.91. The van der Waals surface area contributed by atoms with Gasteiger partial charge in [0.2, 0.25) is 0 Å². The molecule has 178 valence electrons. The monoisotopic (exact) mass is 469 g/mol. The Balaban J connectivity index is 1.55. The Labute approximate surface area is 204 Å². The number of benzene rings is 2. The van der Waals surface area contributed by atoms with E-state index in [1.54, 1.807) is 18.3 Å². The Morgan fingerprint density at radius 1 is 1.11 bits per heavy atom. The molecule has 0 bridgehead atoms. The third-order valence-electron chi connectivity index (χ3n) is 7.01. The van der Waals surface area contributed by atoms with E-state index in [4.69, 9.17) is 15.5 Å². The number of hydrogen-bond acceptors (Lipinski definition) is 6. The maximum absolute atomic E-state index is 14.5. The average molecular weight is 470 g/mol. The minimum Gasteiger partial charge on any atom is -0.397 e. The SMILES string of the molecule is Cc1cc(F)cc(-c2cnc3ccc(-c4ncccc4N)cc3c2N2CC[C@H]3OCCN[C@@H]3C2)c1. The van der Waals surface area contributed by atoms with Crippen molar-refractivity contribution in [2.75, 3.05) is 36.9 Å². The number of nitrogens with zero attached hydrogens (tertiary/aromatic N) is 3. The fraction of sp³-hybridized carbons (Fsp3) is 0.286. The molecule has 0 unspecified atom stereocenters. The first-order chi connectivity index (χ1) is 17.1. The van der Waals surface area contributed by atoms with Crippen molar-refractivity contribution in [1.29, 1.82) is 0 Å². The van der Waals surface area contributed by atoms with Crippen molar-refractivity contribution in [3.8, 4) is 22.4 Å². The number of halogens is 1. The largest absolute Gasteiger partial charge is 0.397 e. The zero-order chi connectivity index (χ0) is 23.9. The summed E-state index contributed by atoms with van der Waals surface area (Å²) in [4.78, 5) is 11.7. The number of nitrogens with one attached hydrogen (secondary N) is 1. The predicted molar refractivity (Wildman–Crippen MR) is 138 cm³/mol. The number of nitrogens with two attached hydrogens (primary N) is 1. The number of ether oxygens (including phenoxy) is 1. The molecular formula is C28H28FN5O. The van der Waals surface area contributed by atoms with Gasteiger partial charge in [-0.1, -0.05) is 12.1 Å². The van der Waals surface area contributed by atoms with E-state index < -0.39 is 0 Å². The Kier molecular flexibility index (Phi) is 5.59. The van der Waals surface area contributed by atoms with Crippen LogP contribution in [0.3, 0.4) is 0 Å². The number of morpholine rings is 1. The van der Waals surface area contributed by atoms with E-state index in [1.165, 1.54) is 0 Å². The molecule has 2 aliphatic heterocycles. The first kappa shape index (κ1) is 21.9. The van der Waals surface area contributed by atoms with Gasteiger partial charge in [0.05, 0.1) is 41.3 Å². The number of rotatable bonds is 3. The molecular weight excluding hydrogens is 441 g/mol. The molecule has 0 spiro atoms. The van der Waals surface area contributed by atoms with Gasteiger partial charge in [0.15, 0.2) is 0 Å². The normalized spacial score (nSPS) is 20.1. The van der Waals surface area contributed by atoms with Gasteiger partial charge >= 0.3 is 0 Å². The van der Waals surface area contributed by atoms with Crippen molar-refractivity contribution in [2.45, 2.75) is 25.5 Å². The van der Waals surface area contributed by atoms with E-state index in [0.717, 1.165) is 77.2 Å². The number of nitrogen functional groups attached to an aromatic ring is 1. The van der Waals surface area contributed by atoms with Crippen LogP contribution >= 0.6 is 0 Å². The van der Waals surface area contributed by atoms with E-state index in [9.17, 15) is 4.39 Å². The summed E-state index contributed by atoms with van der Waals surface area (Å²) in [5, 5.41) is 4.62. The number of aromatic nitrogens is 2.